The molecule has 2 aromatic rings. The summed E-state index contributed by atoms with van der Waals surface area (Å²) in [5.41, 5.74) is 3.16. The van der Waals surface area contributed by atoms with Crippen molar-refractivity contribution in [1.82, 2.24) is 10.9 Å². The number of rotatable bonds is 3. The Hall–Kier alpha value is -2.88. The number of benzene rings is 1. The van der Waals surface area contributed by atoms with Crippen molar-refractivity contribution in [2.45, 2.75) is 13.1 Å². The minimum absolute atomic E-state index is 0.0686. The van der Waals surface area contributed by atoms with Gasteiger partial charge in [-0.3, -0.25) is 25.2 Å². The molecule has 0 saturated heterocycles. The van der Waals surface area contributed by atoms with Crippen LogP contribution < -0.4 is 16.2 Å². The molecule has 10 heteroatoms. The topological polar surface area (TPSA) is 87.3 Å². The number of halogens is 3. The first-order valence-electron chi connectivity index (χ1n) is 6.81. The lowest BCUT2D eigenvalue weighted by atomic mass is 10.1. The van der Waals surface area contributed by atoms with E-state index in [4.69, 9.17) is 0 Å². The number of hydrogen-bond acceptors (Lipinski definition) is 4. The lowest BCUT2D eigenvalue weighted by molar-refractivity contribution is -0.137. The summed E-state index contributed by atoms with van der Waals surface area (Å²) in [6.07, 6.45) is -4.57. The van der Waals surface area contributed by atoms with Crippen LogP contribution in [0.25, 0.3) is 0 Å². The van der Waals surface area contributed by atoms with Gasteiger partial charge in [0.15, 0.2) is 0 Å². The highest BCUT2D eigenvalue weighted by molar-refractivity contribution is 7.14. The predicted molar refractivity (Wildman–Crippen MR) is 85.0 cm³/mol. The Kier molecular flexibility index (Phi) is 5.42. The molecule has 6 nitrogen and oxygen atoms in total. The molecule has 0 aliphatic carbocycles. The van der Waals surface area contributed by atoms with Crippen LogP contribution in [0.15, 0.2) is 35.7 Å². The van der Waals surface area contributed by atoms with Crippen LogP contribution in [-0.2, 0) is 11.0 Å². The Morgan fingerprint density at radius 1 is 1.04 bits per heavy atom. The first-order chi connectivity index (χ1) is 11.7. The van der Waals surface area contributed by atoms with Gasteiger partial charge in [0.05, 0.1) is 11.1 Å². The second-order valence-corrected chi connectivity index (χ2v) is 5.75. The maximum absolute atomic E-state index is 12.7. The Balaban J connectivity index is 2.16. The molecule has 0 spiro atoms. The maximum atomic E-state index is 12.7. The smallest absolute Gasteiger partial charge is 0.313 e. The van der Waals surface area contributed by atoms with Crippen LogP contribution >= 0.6 is 11.3 Å². The molecule has 0 aliphatic heterocycles. The molecule has 0 unspecified atom stereocenters. The van der Waals surface area contributed by atoms with E-state index in [1.807, 2.05) is 0 Å². The van der Waals surface area contributed by atoms with E-state index in [9.17, 15) is 27.6 Å². The molecular weight excluding hydrogens is 359 g/mol. The van der Waals surface area contributed by atoms with Crippen molar-refractivity contribution in [2.75, 3.05) is 5.32 Å². The molecule has 0 radical (unpaired) electrons. The standard InChI is InChI=1S/C15H12F3N3O3S/c1-8(22)20-21-13(24)11-5-6-25-14(11)19-12(23)9-3-2-4-10(7-9)15(16,17)18/h2-7H,1H3,(H,19,23)(H,20,22)(H,21,24). The fourth-order valence-electron chi connectivity index (χ4n) is 1.81. The number of hydrogen-bond donors (Lipinski definition) is 3. The second kappa shape index (κ2) is 7.34. The first kappa shape index (κ1) is 18.5. The molecule has 2 rings (SSSR count). The van der Waals surface area contributed by atoms with E-state index in [-0.39, 0.29) is 16.1 Å². The van der Waals surface area contributed by atoms with E-state index in [2.05, 4.69) is 16.2 Å². The fraction of sp³-hybridized carbons (Fsp3) is 0.133. The SMILES string of the molecule is CC(=O)NNC(=O)c1ccsc1NC(=O)c1cccc(C(F)(F)F)c1. The number of thiophene rings is 1. The largest absolute Gasteiger partial charge is 0.416 e. The van der Waals surface area contributed by atoms with Crippen LogP contribution in [0.4, 0.5) is 18.2 Å². The molecule has 0 aliphatic rings. The number of anilines is 1. The Bertz CT molecular complexity index is 818. The highest BCUT2D eigenvalue weighted by atomic mass is 32.1. The molecular formula is C15H12F3N3O3S. The molecule has 1 aromatic carbocycles. The van der Waals surface area contributed by atoms with Gasteiger partial charge in [0.2, 0.25) is 5.91 Å². The van der Waals surface area contributed by atoms with E-state index in [0.717, 1.165) is 29.5 Å². The molecule has 1 heterocycles. The zero-order valence-corrected chi connectivity index (χ0v) is 13.5. The van der Waals surface area contributed by atoms with Crippen LogP contribution in [0, 0.1) is 0 Å². The summed E-state index contributed by atoms with van der Waals surface area (Å²) in [6, 6.07) is 5.34. The summed E-state index contributed by atoms with van der Waals surface area (Å²) < 4.78 is 38.1. The minimum atomic E-state index is -4.57. The Morgan fingerprint density at radius 2 is 1.76 bits per heavy atom. The first-order valence-corrected chi connectivity index (χ1v) is 7.69. The van der Waals surface area contributed by atoms with Gasteiger partial charge >= 0.3 is 6.18 Å². The zero-order valence-electron chi connectivity index (χ0n) is 12.7. The summed E-state index contributed by atoms with van der Waals surface area (Å²) in [5, 5.41) is 4.05. The van der Waals surface area contributed by atoms with Gasteiger partial charge < -0.3 is 5.32 Å². The van der Waals surface area contributed by atoms with Gasteiger partial charge in [-0.15, -0.1) is 11.3 Å². The van der Waals surface area contributed by atoms with Crippen molar-refractivity contribution in [3.8, 4) is 0 Å². The molecule has 1 aromatic heterocycles. The van der Waals surface area contributed by atoms with Crippen LogP contribution in [0.3, 0.4) is 0 Å². The number of carbonyl (C=O) groups excluding carboxylic acids is 3. The van der Waals surface area contributed by atoms with Gasteiger partial charge in [-0.2, -0.15) is 13.2 Å². The van der Waals surface area contributed by atoms with E-state index in [1.165, 1.54) is 24.4 Å². The Morgan fingerprint density at radius 3 is 2.40 bits per heavy atom. The third-order valence-corrected chi connectivity index (χ3v) is 3.77. The predicted octanol–water partition coefficient (Wildman–Crippen LogP) is 2.80. The number of alkyl halides is 3. The monoisotopic (exact) mass is 371 g/mol. The van der Waals surface area contributed by atoms with E-state index in [1.54, 1.807) is 0 Å². The lowest BCUT2D eigenvalue weighted by Gasteiger charge is -2.10. The highest BCUT2D eigenvalue weighted by Crippen LogP contribution is 2.30. The highest BCUT2D eigenvalue weighted by Gasteiger charge is 2.31. The third kappa shape index (κ3) is 4.80. The minimum Gasteiger partial charge on any atom is -0.313 e. The van der Waals surface area contributed by atoms with E-state index < -0.39 is 29.5 Å². The van der Waals surface area contributed by atoms with Crippen LogP contribution in [0.5, 0.6) is 0 Å². The molecule has 0 bridgehead atoms. The van der Waals surface area contributed by atoms with Crippen LogP contribution in [-0.4, -0.2) is 17.7 Å². The average Bonchev–Trinajstić information content (AvgIpc) is 3.00. The summed E-state index contributed by atoms with van der Waals surface area (Å²) in [5.74, 6) is -1.95. The molecule has 3 amide bonds. The normalized spacial score (nSPS) is 10.9. The second-order valence-electron chi connectivity index (χ2n) is 4.83. The number of carbonyl (C=O) groups is 3. The summed E-state index contributed by atoms with van der Waals surface area (Å²) in [4.78, 5) is 34.9. The zero-order chi connectivity index (χ0) is 18.6. The number of nitrogens with one attached hydrogen (secondary N) is 3. The molecule has 0 saturated carbocycles. The van der Waals surface area contributed by atoms with Gasteiger partial charge in [-0.05, 0) is 29.6 Å². The molecule has 25 heavy (non-hydrogen) atoms. The van der Waals surface area contributed by atoms with Gasteiger partial charge in [0.1, 0.15) is 5.00 Å². The average molecular weight is 371 g/mol. The lowest BCUT2D eigenvalue weighted by Crippen LogP contribution is -2.40. The summed E-state index contributed by atoms with van der Waals surface area (Å²) in [7, 11) is 0. The van der Waals surface area contributed by atoms with Gasteiger partial charge in [0.25, 0.3) is 11.8 Å². The summed E-state index contributed by atoms with van der Waals surface area (Å²) in [6.45, 7) is 1.20. The van der Waals surface area contributed by atoms with Crippen molar-refractivity contribution in [1.29, 1.82) is 0 Å². The van der Waals surface area contributed by atoms with Gasteiger partial charge in [0, 0.05) is 12.5 Å². The third-order valence-electron chi connectivity index (χ3n) is 2.94. The molecule has 0 atom stereocenters. The Labute approximate surface area is 144 Å². The van der Waals surface area contributed by atoms with Gasteiger partial charge in [-0.25, -0.2) is 0 Å². The van der Waals surface area contributed by atoms with E-state index >= 15 is 0 Å². The van der Waals surface area contributed by atoms with Crippen LogP contribution in [0.1, 0.15) is 33.2 Å². The number of amides is 3. The van der Waals surface area contributed by atoms with Crippen LogP contribution in [0.2, 0.25) is 0 Å². The van der Waals surface area contributed by atoms with Crippen molar-refractivity contribution in [3.05, 3.63) is 52.4 Å². The van der Waals surface area contributed by atoms with Crippen molar-refractivity contribution in [2.24, 2.45) is 0 Å². The van der Waals surface area contributed by atoms with E-state index in [0.29, 0.717) is 0 Å². The summed E-state index contributed by atoms with van der Waals surface area (Å²) >= 11 is 1.02. The van der Waals surface area contributed by atoms with Crippen molar-refractivity contribution < 1.29 is 27.6 Å². The molecule has 3 N–H and O–H groups in total. The number of hydrazine groups is 1. The molecule has 132 valence electrons. The van der Waals surface area contributed by atoms with Crippen molar-refractivity contribution in [3.63, 3.8) is 0 Å². The molecule has 0 fully saturated rings. The van der Waals surface area contributed by atoms with Crippen molar-refractivity contribution >= 4 is 34.1 Å². The quantitative estimate of drug-likeness (QED) is 0.725. The fourth-order valence-corrected chi connectivity index (χ4v) is 2.59. The van der Waals surface area contributed by atoms with Gasteiger partial charge in [-0.1, -0.05) is 6.07 Å². The maximum Gasteiger partial charge on any atom is 0.416 e.